The number of nitrogens with zero attached hydrogens (tertiary/aromatic N) is 1. The average Bonchev–Trinajstić information content (AvgIpc) is 1.38. The fourth-order valence-electron chi connectivity index (χ4n) is 0. The van der Waals surface area contributed by atoms with E-state index in [1.807, 2.05) is 14.1 Å². The van der Waals surface area contributed by atoms with Crippen LogP contribution in [-0.4, -0.2) is 18.8 Å². The zero-order chi connectivity index (χ0) is 4.28. The summed E-state index contributed by atoms with van der Waals surface area (Å²) in [4.78, 5) is 0. The van der Waals surface area contributed by atoms with E-state index in [9.17, 15) is 0 Å². The molecule has 1 nitrogen and oxygen atoms in total. The summed E-state index contributed by atoms with van der Waals surface area (Å²) in [5, 5.41) is 0. The van der Waals surface area contributed by atoms with Gasteiger partial charge in [-0.15, -0.1) is 0 Å². The molecule has 0 bridgehead atoms. The summed E-state index contributed by atoms with van der Waals surface area (Å²) >= 11 is 3.27. The lowest BCUT2D eigenvalue weighted by atomic mass is 11.3. The second kappa shape index (κ2) is 3.08. The highest BCUT2D eigenvalue weighted by atomic mass is 79.9. The van der Waals surface area contributed by atoms with Crippen LogP contribution in [0.3, 0.4) is 0 Å². The van der Waals surface area contributed by atoms with E-state index in [1.54, 1.807) is 0 Å². The molecular weight excluding hydrogens is 149 g/mol. The third-order valence-electron chi connectivity index (χ3n) is 0.169. The van der Waals surface area contributed by atoms with Gasteiger partial charge in [0.25, 0.3) is 0 Å². The molecule has 1 atom stereocenters. The van der Waals surface area contributed by atoms with Crippen molar-refractivity contribution in [3.8, 4) is 0 Å². The van der Waals surface area contributed by atoms with Gasteiger partial charge < -0.3 is 0 Å². The van der Waals surface area contributed by atoms with Crippen LogP contribution in [0.4, 0.5) is 0 Å². The van der Waals surface area contributed by atoms with Crippen molar-refractivity contribution in [3.05, 3.63) is 0 Å². The van der Waals surface area contributed by atoms with E-state index in [4.69, 9.17) is 0 Å². The molecule has 0 aromatic rings. The maximum Gasteiger partial charge on any atom is 0.0208 e. The molecule has 0 rings (SSSR count). The smallest absolute Gasteiger partial charge is 0.0208 e. The van der Waals surface area contributed by atoms with Gasteiger partial charge in [0.2, 0.25) is 0 Å². The third-order valence-corrected chi connectivity index (χ3v) is 2.63. The lowest BCUT2D eigenvalue weighted by Crippen LogP contribution is -1.91. The molecule has 3 heteroatoms. The van der Waals surface area contributed by atoms with Crippen LogP contribution < -0.4 is 0 Å². The first-order valence-corrected chi connectivity index (χ1v) is 4.51. The van der Waals surface area contributed by atoms with E-state index in [1.165, 1.54) is 0 Å². The van der Waals surface area contributed by atoms with E-state index in [0.717, 1.165) is 7.43 Å². The Morgan fingerprint density at radius 3 is 1.80 bits per heavy atom. The Hall–Kier alpha value is 0.870. The number of hydrogen-bond acceptors (Lipinski definition) is 1. The molecule has 0 saturated heterocycles. The van der Waals surface area contributed by atoms with Crippen LogP contribution in [0.2, 0.25) is 0 Å². The van der Waals surface area contributed by atoms with E-state index >= 15 is 0 Å². The van der Waals surface area contributed by atoms with Crippen molar-refractivity contribution in [2.75, 3.05) is 14.1 Å². The molecule has 0 radical (unpaired) electrons. The minimum atomic E-state index is 0.760. The molecule has 0 aliphatic heterocycles. The van der Waals surface area contributed by atoms with E-state index in [0.29, 0.717) is 0 Å². The van der Waals surface area contributed by atoms with Gasteiger partial charge >= 0.3 is 0 Å². The first kappa shape index (κ1) is 5.87. The van der Waals surface area contributed by atoms with Crippen molar-refractivity contribution in [3.63, 3.8) is 0 Å². The average molecular weight is 156 g/mol. The molecule has 0 aromatic heterocycles. The van der Waals surface area contributed by atoms with Crippen LogP contribution >= 0.6 is 22.9 Å². The van der Waals surface area contributed by atoms with Crippen LogP contribution in [0.1, 0.15) is 0 Å². The predicted octanol–water partition coefficient (Wildman–Crippen LogP) is 1.45. The fraction of sp³-hybridized carbons (Fsp3) is 1.00. The van der Waals surface area contributed by atoms with Crippen LogP contribution in [0.25, 0.3) is 0 Å². The Labute approximate surface area is 42.3 Å². The molecule has 32 valence electrons. The molecule has 0 N–H and O–H groups in total. The Morgan fingerprint density at radius 1 is 1.60 bits per heavy atom. The van der Waals surface area contributed by atoms with Gasteiger partial charge in [-0.1, -0.05) is 0 Å². The Bertz CT molecular complexity index is 23.6. The maximum atomic E-state index is 3.27. The second-order valence-electron chi connectivity index (χ2n) is 0.979. The molecule has 0 aliphatic carbocycles. The quantitative estimate of drug-likeness (QED) is 0.519. The third kappa shape index (κ3) is 4.87. The molecule has 0 amide bonds. The summed E-state index contributed by atoms with van der Waals surface area (Å²) in [5.41, 5.74) is 0. The summed E-state index contributed by atoms with van der Waals surface area (Å²) in [6.07, 6.45) is 0. The Kier molecular flexibility index (Phi) is 3.61. The molecule has 0 saturated carbocycles. The molecule has 0 spiro atoms. The van der Waals surface area contributed by atoms with Gasteiger partial charge in [0, 0.05) is 7.43 Å². The maximum absolute atomic E-state index is 3.27. The minimum absolute atomic E-state index is 0.760. The number of halogens is 1. The summed E-state index contributed by atoms with van der Waals surface area (Å²) in [7, 11) is 4.80. The molecule has 0 aromatic carbocycles. The van der Waals surface area contributed by atoms with E-state index in [2.05, 4.69) is 20.2 Å². The first-order chi connectivity index (χ1) is 2.27. The molecule has 5 heavy (non-hydrogen) atoms. The molecule has 1 unspecified atom stereocenters. The lowest BCUT2D eigenvalue weighted by Gasteiger charge is -1.97. The fourth-order valence-corrected chi connectivity index (χ4v) is 0. The largest absolute Gasteiger partial charge is 0.282 e. The SMILES string of the molecule is CN(C)PBr. The second-order valence-corrected chi connectivity index (χ2v) is 3.11. The molecule has 0 fully saturated rings. The van der Waals surface area contributed by atoms with Gasteiger partial charge in [-0.05, 0) is 29.6 Å². The first-order valence-electron chi connectivity index (χ1n) is 1.31. The topological polar surface area (TPSA) is 3.24 Å². The minimum Gasteiger partial charge on any atom is -0.282 e. The van der Waals surface area contributed by atoms with Gasteiger partial charge in [0.1, 0.15) is 0 Å². The predicted molar refractivity (Wildman–Crippen MR) is 30.9 cm³/mol. The van der Waals surface area contributed by atoms with Gasteiger partial charge in [-0.2, -0.15) is 0 Å². The molecular formula is C2H7BrNP. The number of rotatable bonds is 1. The summed E-state index contributed by atoms with van der Waals surface area (Å²) < 4.78 is 2.07. The van der Waals surface area contributed by atoms with Crippen molar-refractivity contribution >= 4 is 22.9 Å². The Morgan fingerprint density at radius 2 is 1.80 bits per heavy atom. The van der Waals surface area contributed by atoms with Crippen LogP contribution in [0, 0.1) is 0 Å². The normalized spacial score (nSPS) is 12.0. The van der Waals surface area contributed by atoms with Crippen molar-refractivity contribution in [2.45, 2.75) is 0 Å². The molecule has 0 heterocycles. The van der Waals surface area contributed by atoms with Crippen molar-refractivity contribution in [1.29, 1.82) is 0 Å². The van der Waals surface area contributed by atoms with Crippen molar-refractivity contribution in [1.82, 2.24) is 4.67 Å². The Balaban J connectivity index is 2.54. The zero-order valence-corrected chi connectivity index (χ0v) is 5.91. The highest BCUT2D eigenvalue weighted by Crippen LogP contribution is 2.20. The van der Waals surface area contributed by atoms with Crippen LogP contribution in [0.15, 0.2) is 0 Å². The van der Waals surface area contributed by atoms with Gasteiger partial charge in [-0.3, -0.25) is 4.67 Å². The highest BCUT2D eigenvalue weighted by molar-refractivity contribution is 9.36. The zero-order valence-electron chi connectivity index (χ0n) is 3.33. The standard InChI is InChI=1S/C2H7BrNP/c1-4(2)5-3/h5H,1-2H3. The summed E-state index contributed by atoms with van der Waals surface area (Å²) in [6, 6.07) is 0. The lowest BCUT2D eigenvalue weighted by molar-refractivity contribution is 0.701. The van der Waals surface area contributed by atoms with Crippen LogP contribution in [0.5, 0.6) is 0 Å². The van der Waals surface area contributed by atoms with Gasteiger partial charge in [-0.25, -0.2) is 0 Å². The summed E-state index contributed by atoms with van der Waals surface area (Å²) in [6.45, 7) is 0. The highest BCUT2D eigenvalue weighted by Gasteiger charge is 1.74. The van der Waals surface area contributed by atoms with E-state index in [-0.39, 0.29) is 0 Å². The van der Waals surface area contributed by atoms with Gasteiger partial charge in [0.15, 0.2) is 0 Å². The van der Waals surface area contributed by atoms with Crippen molar-refractivity contribution in [2.24, 2.45) is 0 Å². The summed E-state index contributed by atoms with van der Waals surface area (Å²) in [5.74, 6) is 0. The van der Waals surface area contributed by atoms with E-state index < -0.39 is 0 Å². The van der Waals surface area contributed by atoms with Crippen molar-refractivity contribution < 1.29 is 0 Å². The molecule has 0 aliphatic rings. The van der Waals surface area contributed by atoms with Gasteiger partial charge in [0.05, 0.1) is 0 Å². The monoisotopic (exact) mass is 155 g/mol. The van der Waals surface area contributed by atoms with Crippen LogP contribution in [-0.2, 0) is 0 Å². The number of hydrogen-bond donors (Lipinski definition) is 0.